The summed E-state index contributed by atoms with van der Waals surface area (Å²) in [5.74, 6) is 0.187. The van der Waals surface area contributed by atoms with E-state index in [2.05, 4.69) is 5.32 Å². The van der Waals surface area contributed by atoms with E-state index in [9.17, 15) is 18.5 Å². The number of nitrogens with one attached hydrogen (secondary N) is 1. The van der Waals surface area contributed by atoms with Crippen LogP contribution < -0.4 is 5.32 Å². The number of rotatable bonds is 7. The fourth-order valence-electron chi connectivity index (χ4n) is 1.90. The first-order valence-electron chi connectivity index (χ1n) is 6.43. The van der Waals surface area contributed by atoms with Gasteiger partial charge < -0.3 is 5.32 Å². The van der Waals surface area contributed by atoms with Gasteiger partial charge in [-0.25, -0.2) is 8.42 Å². The number of nitro groups is 1. The van der Waals surface area contributed by atoms with Crippen LogP contribution in [0.4, 0.5) is 5.69 Å². The molecule has 1 aromatic carbocycles. The lowest BCUT2D eigenvalue weighted by molar-refractivity contribution is -0.385. The zero-order valence-electron chi connectivity index (χ0n) is 11.9. The van der Waals surface area contributed by atoms with Gasteiger partial charge in [0.05, 0.1) is 10.7 Å². The van der Waals surface area contributed by atoms with Crippen LogP contribution in [0.2, 0.25) is 0 Å². The third-order valence-electron chi connectivity index (χ3n) is 3.20. The Morgan fingerprint density at radius 2 is 2.05 bits per heavy atom. The predicted molar refractivity (Wildman–Crippen MR) is 78.5 cm³/mol. The van der Waals surface area contributed by atoms with E-state index in [-0.39, 0.29) is 23.2 Å². The van der Waals surface area contributed by atoms with Gasteiger partial charge in [-0.1, -0.05) is 19.1 Å². The summed E-state index contributed by atoms with van der Waals surface area (Å²) in [6.07, 6.45) is 0. The molecule has 0 bridgehead atoms. The van der Waals surface area contributed by atoms with Gasteiger partial charge in [0.1, 0.15) is 0 Å². The molecule has 0 spiro atoms. The summed E-state index contributed by atoms with van der Waals surface area (Å²) in [7, 11) is -3.03. The molecule has 0 saturated heterocycles. The minimum absolute atomic E-state index is 0.0669. The molecule has 1 aromatic rings. The first-order valence-corrected chi connectivity index (χ1v) is 8.25. The van der Waals surface area contributed by atoms with Crippen LogP contribution in [-0.2, 0) is 16.4 Å². The van der Waals surface area contributed by atoms with Gasteiger partial charge in [-0.05, 0) is 19.4 Å². The van der Waals surface area contributed by atoms with Gasteiger partial charge in [0, 0.05) is 30.0 Å². The van der Waals surface area contributed by atoms with Crippen molar-refractivity contribution in [3.05, 3.63) is 39.4 Å². The van der Waals surface area contributed by atoms with Crippen LogP contribution in [-0.4, -0.2) is 30.9 Å². The topological polar surface area (TPSA) is 89.3 Å². The van der Waals surface area contributed by atoms with E-state index in [1.54, 1.807) is 32.9 Å². The second-order valence-corrected chi connectivity index (χ2v) is 7.20. The highest BCUT2D eigenvalue weighted by atomic mass is 32.2. The molecule has 0 amide bonds. The molecule has 0 heterocycles. The molecule has 0 saturated carbocycles. The summed E-state index contributed by atoms with van der Waals surface area (Å²) in [5, 5.41) is 13.9. The zero-order valence-corrected chi connectivity index (χ0v) is 12.7. The molecule has 112 valence electrons. The Hall–Kier alpha value is -1.47. The van der Waals surface area contributed by atoms with Crippen LogP contribution in [0.3, 0.4) is 0 Å². The smallest absolute Gasteiger partial charge is 0.272 e. The van der Waals surface area contributed by atoms with Crippen molar-refractivity contribution in [3.63, 3.8) is 0 Å². The van der Waals surface area contributed by atoms with Crippen LogP contribution in [0.15, 0.2) is 18.2 Å². The fourth-order valence-corrected chi connectivity index (χ4v) is 3.02. The molecule has 1 rings (SSSR count). The maximum Gasteiger partial charge on any atom is 0.272 e. The van der Waals surface area contributed by atoms with E-state index in [1.807, 2.05) is 0 Å². The van der Waals surface area contributed by atoms with Gasteiger partial charge in [0.15, 0.2) is 9.84 Å². The highest BCUT2D eigenvalue weighted by molar-refractivity contribution is 7.91. The van der Waals surface area contributed by atoms with Crippen molar-refractivity contribution in [3.8, 4) is 0 Å². The number of nitro benzene ring substituents is 1. The van der Waals surface area contributed by atoms with Crippen molar-refractivity contribution in [1.29, 1.82) is 0 Å². The van der Waals surface area contributed by atoms with Crippen molar-refractivity contribution in [2.45, 2.75) is 33.4 Å². The maximum absolute atomic E-state index is 11.5. The monoisotopic (exact) mass is 300 g/mol. The Morgan fingerprint density at radius 3 is 2.60 bits per heavy atom. The maximum atomic E-state index is 11.5. The Labute approximate surface area is 119 Å². The van der Waals surface area contributed by atoms with E-state index in [1.165, 1.54) is 6.07 Å². The molecule has 0 fully saturated rings. The molecule has 6 nitrogen and oxygen atoms in total. The minimum Gasteiger partial charge on any atom is -0.309 e. The number of benzene rings is 1. The average Bonchev–Trinajstić information content (AvgIpc) is 2.36. The van der Waals surface area contributed by atoms with Crippen LogP contribution >= 0.6 is 0 Å². The molecule has 1 atom stereocenters. The van der Waals surface area contributed by atoms with E-state index < -0.39 is 14.8 Å². The zero-order chi connectivity index (χ0) is 15.3. The van der Waals surface area contributed by atoms with Crippen LogP contribution in [0.5, 0.6) is 0 Å². The van der Waals surface area contributed by atoms with E-state index >= 15 is 0 Å². The summed E-state index contributed by atoms with van der Waals surface area (Å²) in [5.41, 5.74) is 1.49. The van der Waals surface area contributed by atoms with Crippen molar-refractivity contribution < 1.29 is 13.3 Å². The molecule has 0 aromatic heterocycles. The second kappa shape index (κ2) is 6.81. The summed E-state index contributed by atoms with van der Waals surface area (Å²) < 4.78 is 23.0. The van der Waals surface area contributed by atoms with E-state index in [0.29, 0.717) is 12.1 Å². The Bertz CT molecular complexity index is 584. The van der Waals surface area contributed by atoms with Crippen LogP contribution in [0.1, 0.15) is 25.0 Å². The quantitative estimate of drug-likeness (QED) is 0.613. The standard InChI is InChI=1S/C13H20N2O4S/c1-4-20(18,19)9-10(2)14-8-12-6-5-7-13(11(12)3)15(16)17/h5-7,10,14H,4,8-9H2,1-3H3. The Morgan fingerprint density at radius 1 is 1.40 bits per heavy atom. The van der Waals surface area contributed by atoms with Crippen molar-refractivity contribution in [1.82, 2.24) is 5.32 Å². The second-order valence-electron chi connectivity index (χ2n) is 4.80. The van der Waals surface area contributed by atoms with Crippen LogP contribution in [0, 0.1) is 17.0 Å². The molecule has 0 radical (unpaired) electrons. The van der Waals surface area contributed by atoms with E-state index in [0.717, 1.165) is 5.56 Å². The molecule has 1 N–H and O–H groups in total. The van der Waals surface area contributed by atoms with Gasteiger partial charge in [-0.3, -0.25) is 10.1 Å². The van der Waals surface area contributed by atoms with Crippen molar-refractivity contribution in [2.24, 2.45) is 0 Å². The Balaban J connectivity index is 2.71. The molecule has 7 heteroatoms. The lowest BCUT2D eigenvalue weighted by atomic mass is 10.1. The highest BCUT2D eigenvalue weighted by Gasteiger charge is 2.16. The number of sulfone groups is 1. The molecule has 20 heavy (non-hydrogen) atoms. The molecule has 0 aliphatic rings. The highest BCUT2D eigenvalue weighted by Crippen LogP contribution is 2.20. The first kappa shape index (κ1) is 16.6. The van der Waals surface area contributed by atoms with Crippen molar-refractivity contribution >= 4 is 15.5 Å². The van der Waals surface area contributed by atoms with Crippen LogP contribution in [0.25, 0.3) is 0 Å². The fraction of sp³-hybridized carbons (Fsp3) is 0.538. The third-order valence-corrected chi connectivity index (χ3v) is 5.09. The molecule has 0 aliphatic heterocycles. The molecular formula is C13H20N2O4S. The molecular weight excluding hydrogens is 280 g/mol. The summed E-state index contributed by atoms with van der Waals surface area (Å²) >= 11 is 0. The Kier molecular flexibility index (Phi) is 5.64. The van der Waals surface area contributed by atoms with Gasteiger partial charge in [-0.15, -0.1) is 0 Å². The minimum atomic E-state index is -3.03. The average molecular weight is 300 g/mol. The predicted octanol–water partition coefficient (Wildman–Crippen LogP) is 1.82. The molecule has 0 aliphatic carbocycles. The normalized spacial score (nSPS) is 13.2. The lowest BCUT2D eigenvalue weighted by Gasteiger charge is -2.14. The largest absolute Gasteiger partial charge is 0.309 e. The molecule has 1 unspecified atom stereocenters. The van der Waals surface area contributed by atoms with E-state index in [4.69, 9.17) is 0 Å². The lowest BCUT2D eigenvalue weighted by Crippen LogP contribution is -2.33. The summed E-state index contributed by atoms with van der Waals surface area (Å²) in [4.78, 5) is 10.4. The van der Waals surface area contributed by atoms with Gasteiger partial charge in [-0.2, -0.15) is 0 Å². The SMILES string of the molecule is CCS(=O)(=O)CC(C)NCc1cccc([N+](=O)[O-])c1C. The van der Waals surface area contributed by atoms with Gasteiger partial charge in [0.25, 0.3) is 5.69 Å². The summed E-state index contributed by atoms with van der Waals surface area (Å²) in [6.45, 7) is 5.52. The number of nitrogens with zero attached hydrogens (tertiary/aromatic N) is 1. The first-order chi connectivity index (χ1) is 9.26. The van der Waals surface area contributed by atoms with Gasteiger partial charge in [0.2, 0.25) is 0 Å². The third kappa shape index (κ3) is 4.57. The van der Waals surface area contributed by atoms with Crippen molar-refractivity contribution in [2.75, 3.05) is 11.5 Å². The summed E-state index contributed by atoms with van der Waals surface area (Å²) in [6, 6.07) is 4.70. The van der Waals surface area contributed by atoms with Gasteiger partial charge >= 0.3 is 0 Å². The number of hydrogen-bond acceptors (Lipinski definition) is 5. The number of hydrogen-bond donors (Lipinski definition) is 1.